The minimum Gasteiger partial charge on any atom is -0.466 e. The maximum atomic E-state index is 11.9. The molecule has 0 aromatic rings. The van der Waals surface area contributed by atoms with Crippen LogP contribution >= 0.6 is 11.8 Å². The highest BCUT2D eigenvalue weighted by atomic mass is 32.2. The zero-order valence-electron chi connectivity index (χ0n) is 12.1. The third-order valence-electron chi connectivity index (χ3n) is 4.30. The molecule has 0 N–H and O–H groups in total. The van der Waals surface area contributed by atoms with Crippen LogP contribution in [-0.2, 0) is 9.53 Å². The average molecular weight is 285 g/mol. The molecule has 2 aliphatic rings. The molecule has 2 fully saturated rings. The van der Waals surface area contributed by atoms with Crippen molar-refractivity contribution in [1.29, 1.82) is 0 Å². The van der Waals surface area contributed by atoms with Crippen molar-refractivity contribution in [3.05, 3.63) is 0 Å². The molecular weight excluding hydrogens is 258 g/mol. The second-order valence-electron chi connectivity index (χ2n) is 5.65. The Balaban J connectivity index is 1.97. The molecule has 0 bridgehead atoms. The number of ether oxygens (including phenoxy) is 1. The molecule has 2 saturated heterocycles. The van der Waals surface area contributed by atoms with E-state index in [1.807, 2.05) is 18.7 Å². The first-order chi connectivity index (χ1) is 9.31. The molecule has 0 amide bonds. The molecule has 2 rings (SSSR count). The summed E-state index contributed by atoms with van der Waals surface area (Å²) in [6, 6.07) is 0.423. The van der Waals surface area contributed by atoms with Gasteiger partial charge in [0.05, 0.1) is 13.0 Å². The van der Waals surface area contributed by atoms with Gasteiger partial charge < -0.3 is 4.74 Å². The number of thioether (sulfide) groups is 1. The lowest BCUT2D eigenvalue weighted by molar-refractivity contribution is -0.145. The Morgan fingerprint density at radius 1 is 1.32 bits per heavy atom. The fraction of sp³-hybridized carbons (Fsp3) is 0.933. The van der Waals surface area contributed by atoms with Gasteiger partial charge in [-0.3, -0.25) is 9.69 Å². The van der Waals surface area contributed by atoms with Crippen molar-refractivity contribution in [3.63, 3.8) is 0 Å². The van der Waals surface area contributed by atoms with Crippen LogP contribution in [0.3, 0.4) is 0 Å². The van der Waals surface area contributed by atoms with Crippen LogP contribution in [0.2, 0.25) is 0 Å². The van der Waals surface area contributed by atoms with E-state index in [9.17, 15) is 4.79 Å². The number of rotatable bonds is 5. The fourth-order valence-corrected chi connectivity index (χ4v) is 4.60. The molecule has 110 valence electrons. The van der Waals surface area contributed by atoms with Crippen molar-refractivity contribution in [2.24, 2.45) is 5.92 Å². The highest BCUT2D eigenvalue weighted by molar-refractivity contribution is 7.99. The SMILES string of the molecule is CCOC(=O)CC(C1CCSC1)N1CCCCCC1. The van der Waals surface area contributed by atoms with Gasteiger partial charge in [-0.1, -0.05) is 12.8 Å². The van der Waals surface area contributed by atoms with E-state index in [0.29, 0.717) is 25.0 Å². The summed E-state index contributed by atoms with van der Waals surface area (Å²) in [6.45, 7) is 4.74. The van der Waals surface area contributed by atoms with E-state index in [2.05, 4.69) is 4.90 Å². The number of likely N-dealkylation sites (tertiary alicyclic amines) is 1. The molecule has 0 aromatic heterocycles. The summed E-state index contributed by atoms with van der Waals surface area (Å²) in [5, 5.41) is 0. The normalized spacial score (nSPS) is 26.9. The number of hydrogen-bond acceptors (Lipinski definition) is 4. The topological polar surface area (TPSA) is 29.5 Å². The first kappa shape index (κ1) is 15.2. The first-order valence-corrected chi connectivity index (χ1v) is 8.94. The summed E-state index contributed by atoms with van der Waals surface area (Å²) in [6.07, 6.45) is 7.15. The van der Waals surface area contributed by atoms with Crippen molar-refractivity contribution in [3.8, 4) is 0 Å². The Morgan fingerprint density at radius 3 is 2.63 bits per heavy atom. The lowest BCUT2D eigenvalue weighted by atomic mass is 9.94. The van der Waals surface area contributed by atoms with Gasteiger partial charge in [-0.2, -0.15) is 11.8 Å². The lowest BCUT2D eigenvalue weighted by Crippen LogP contribution is -2.43. The Kier molecular flexibility index (Phi) is 6.51. The first-order valence-electron chi connectivity index (χ1n) is 7.78. The Morgan fingerprint density at radius 2 is 2.05 bits per heavy atom. The summed E-state index contributed by atoms with van der Waals surface area (Å²) in [5.41, 5.74) is 0. The van der Waals surface area contributed by atoms with Gasteiger partial charge >= 0.3 is 5.97 Å². The van der Waals surface area contributed by atoms with Crippen LogP contribution in [0.5, 0.6) is 0 Å². The summed E-state index contributed by atoms with van der Waals surface area (Å²) < 4.78 is 5.18. The lowest BCUT2D eigenvalue weighted by Gasteiger charge is -2.34. The molecule has 19 heavy (non-hydrogen) atoms. The van der Waals surface area contributed by atoms with E-state index in [1.54, 1.807) is 0 Å². The monoisotopic (exact) mass is 285 g/mol. The number of carbonyl (C=O) groups excluding carboxylic acids is 1. The average Bonchev–Trinajstić information content (AvgIpc) is 2.79. The highest BCUT2D eigenvalue weighted by Crippen LogP contribution is 2.31. The standard InChI is InChI=1S/C15H27NO2S/c1-2-18-15(17)11-14(13-7-10-19-12-13)16-8-5-3-4-6-9-16/h13-14H,2-12H2,1H3. The minimum absolute atomic E-state index is 0.00588. The molecule has 0 saturated carbocycles. The largest absolute Gasteiger partial charge is 0.466 e. The molecular formula is C15H27NO2S. The number of nitrogens with zero attached hydrogens (tertiary/aromatic N) is 1. The van der Waals surface area contributed by atoms with E-state index in [4.69, 9.17) is 4.74 Å². The van der Waals surface area contributed by atoms with Gasteiger partial charge in [0.2, 0.25) is 0 Å². The molecule has 2 unspecified atom stereocenters. The maximum absolute atomic E-state index is 11.9. The molecule has 2 heterocycles. The Labute approximate surface area is 121 Å². The molecule has 0 spiro atoms. The second-order valence-corrected chi connectivity index (χ2v) is 6.80. The summed E-state index contributed by atoms with van der Waals surface area (Å²) in [7, 11) is 0. The van der Waals surface area contributed by atoms with Crippen LogP contribution in [0.25, 0.3) is 0 Å². The van der Waals surface area contributed by atoms with E-state index >= 15 is 0 Å². The van der Waals surface area contributed by atoms with Crippen LogP contribution in [0.1, 0.15) is 45.4 Å². The molecule has 0 aromatic carbocycles. The van der Waals surface area contributed by atoms with Gasteiger partial charge in [-0.15, -0.1) is 0 Å². The van der Waals surface area contributed by atoms with Crippen molar-refractivity contribution >= 4 is 17.7 Å². The Bertz CT molecular complexity index is 271. The van der Waals surface area contributed by atoms with Crippen LogP contribution in [0, 0.1) is 5.92 Å². The van der Waals surface area contributed by atoms with Gasteiger partial charge in [-0.25, -0.2) is 0 Å². The predicted molar refractivity (Wildman–Crippen MR) is 80.5 cm³/mol. The third kappa shape index (κ3) is 4.67. The van der Waals surface area contributed by atoms with Gasteiger partial charge in [0.25, 0.3) is 0 Å². The predicted octanol–water partition coefficient (Wildman–Crippen LogP) is 2.94. The summed E-state index contributed by atoms with van der Waals surface area (Å²) in [4.78, 5) is 14.5. The zero-order chi connectivity index (χ0) is 13.5. The molecule has 0 aliphatic carbocycles. The maximum Gasteiger partial charge on any atom is 0.307 e. The van der Waals surface area contributed by atoms with Crippen LogP contribution in [-0.4, -0.2) is 48.1 Å². The minimum atomic E-state index is -0.00588. The number of hydrogen-bond donors (Lipinski definition) is 0. The zero-order valence-corrected chi connectivity index (χ0v) is 12.9. The quantitative estimate of drug-likeness (QED) is 0.726. The van der Waals surface area contributed by atoms with Gasteiger partial charge in [0.15, 0.2) is 0 Å². The van der Waals surface area contributed by atoms with Gasteiger partial charge in [0.1, 0.15) is 0 Å². The van der Waals surface area contributed by atoms with Crippen molar-refractivity contribution in [2.45, 2.75) is 51.5 Å². The Hall–Kier alpha value is -0.220. The fourth-order valence-electron chi connectivity index (χ4n) is 3.27. The van der Waals surface area contributed by atoms with E-state index in [1.165, 1.54) is 56.7 Å². The van der Waals surface area contributed by atoms with Crippen molar-refractivity contribution in [2.75, 3.05) is 31.2 Å². The van der Waals surface area contributed by atoms with Gasteiger partial charge in [0, 0.05) is 6.04 Å². The number of esters is 1. The molecule has 2 atom stereocenters. The highest BCUT2D eigenvalue weighted by Gasteiger charge is 2.32. The van der Waals surface area contributed by atoms with E-state index in [-0.39, 0.29) is 5.97 Å². The third-order valence-corrected chi connectivity index (χ3v) is 5.49. The molecule has 3 nitrogen and oxygen atoms in total. The molecule has 0 radical (unpaired) electrons. The van der Waals surface area contributed by atoms with Crippen LogP contribution in [0.15, 0.2) is 0 Å². The number of carbonyl (C=O) groups is 1. The second kappa shape index (κ2) is 8.15. The summed E-state index contributed by atoms with van der Waals surface area (Å²) in [5.74, 6) is 3.17. The van der Waals surface area contributed by atoms with Crippen LogP contribution in [0.4, 0.5) is 0 Å². The summed E-state index contributed by atoms with van der Waals surface area (Å²) >= 11 is 2.04. The molecule has 2 aliphatic heterocycles. The van der Waals surface area contributed by atoms with Crippen molar-refractivity contribution in [1.82, 2.24) is 4.90 Å². The van der Waals surface area contributed by atoms with Gasteiger partial charge in [-0.05, 0) is 56.7 Å². The van der Waals surface area contributed by atoms with E-state index in [0.717, 1.165) is 0 Å². The van der Waals surface area contributed by atoms with Crippen LogP contribution < -0.4 is 0 Å². The molecule has 4 heteroatoms. The smallest absolute Gasteiger partial charge is 0.307 e. The van der Waals surface area contributed by atoms with E-state index < -0.39 is 0 Å². The van der Waals surface area contributed by atoms with Crippen molar-refractivity contribution < 1.29 is 9.53 Å².